The lowest BCUT2D eigenvalue weighted by Crippen LogP contribution is -2.36. The quantitative estimate of drug-likeness (QED) is 0.734. The molecule has 1 aromatic rings. The number of hydrogen-bond donors (Lipinski definition) is 3. The maximum Gasteiger partial charge on any atom is 0.336 e. The van der Waals surface area contributed by atoms with Crippen LogP contribution in [0.2, 0.25) is 0 Å². The van der Waals surface area contributed by atoms with Gasteiger partial charge in [0.05, 0.1) is 5.56 Å². The van der Waals surface area contributed by atoms with Crippen LogP contribution < -0.4 is 10.6 Å². The summed E-state index contributed by atoms with van der Waals surface area (Å²) in [5, 5.41) is 14.5. The Balaban J connectivity index is 2.62. The fourth-order valence-electron chi connectivity index (χ4n) is 1.74. The van der Waals surface area contributed by atoms with E-state index in [1.165, 1.54) is 6.07 Å². The minimum absolute atomic E-state index is 0.0874. The molecule has 0 fully saturated rings. The van der Waals surface area contributed by atoms with Gasteiger partial charge in [-0.25, -0.2) is 9.59 Å². The van der Waals surface area contributed by atoms with Crippen molar-refractivity contribution in [3.05, 3.63) is 28.2 Å². The van der Waals surface area contributed by atoms with Gasteiger partial charge in [0, 0.05) is 16.2 Å². The molecule has 6 heteroatoms. The Morgan fingerprint density at radius 3 is 2.70 bits per heavy atom. The van der Waals surface area contributed by atoms with Crippen molar-refractivity contribution in [1.29, 1.82) is 0 Å². The molecular weight excluding hydrogens is 324 g/mol. The smallest absolute Gasteiger partial charge is 0.336 e. The van der Waals surface area contributed by atoms with Crippen LogP contribution >= 0.6 is 15.9 Å². The Morgan fingerprint density at radius 2 is 2.10 bits per heavy atom. The normalized spacial score (nSPS) is 11.8. The zero-order chi connectivity index (χ0) is 15.1. The molecule has 1 aromatic carbocycles. The number of amides is 2. The van der Waals surface area contributed by atoms with Gasteiger partial charge in [-0.2, -0.15) is 0 Å². The number of carbonyl (C=O) groups is 2. The van der Waals surface area contributed by atoms with Crippen LogP contribution in [0.1, 0.15) is 43.5 Å². The summed E-state index contributed by atoms with van der Waals surface area (Å²) >= 11 is 3.16. The molecule has 0 aliphatic carbocycles. The van der Waals surface area contributed by atoms with Gasteiger partial charge in [0.15, 0.2) is 0 Å². The predicted octanol–water partition coefficient (Wildman–Crippen LogP) is 3.85. The summed E-state index contributed by atoms with van der Waals surface area (Å²) in [5.74, 6) is -1.04. The topological polar surface area (TPSA) is 78.4 Å². The second-order valence-electron chi connectivity index (χ2n) is 4.64. The highest BCUT2D eigenvalue weighted by molar-refractivity contribution is 9.10. The summed E-state index contributed by atoms with van der Waals surface area (Å²) in [6.07, 6.45) is 3.07. The number of urea groups is 1. The molecule has 110 valence electrons. The summed E-state index contributed by atoms with van der Waals surface area (Å²) in [4.78, 5) is 22.8. The number of nitrogens with one attached hydrogen (secondary N) is 2. The third kappa shape index (κ3) is 5.21. The van der Waals surface area contributed by atoms with E-state index in [0.717, 1.165) is 19.3 Å². The Morgan fingerprint density at radius 1 is 1.40 bits per heavy atom. The average molecular weight is 343 g/mol. The van der Waals surface area contributed by atoms with E-state index in [2.05, 4.69) is 33.5 Å². The third-order valence-electron chi connectivity index (χ3n) is 2.82. The highest BCUT2D eigenvalue weighted by Gasteiger charge is 2.11. The van der Waals surface area contributed by atoms with E-state index in [1.807, 2.05) is 6.92 Å². The van der Waals surface area contributed by atoms with E-state index in [-0.39, 0.29) is 17.6 Å². The molecule has 20 heavy (non-hydrogen) atoms. The van der Waals surface area contributed by atoms with Crippen molar-refractivity contribution >= 4 is 33.6 Å². The Labute approximate surface area is 126 Å². The van der Waals surface area contributed by atoms with Gasteiger partial charge in [-0.3, -0.25) is 0 Å². The summed E-state index contributed by atoms with van der Waals surface area (Å²) < 4.78 is 0.479. The largest absolute Gasteiger partial charge is 0.478 e. The lowest BCUT2D eigenvalue weighted by molar-refractivity contribution is 0.0696. The van der Waals surface area contributed by atoms with Gasteiger partial charge in [0.2, 0.25) is 0 Å². The van der Waals surface area contributed by atoms with Crippen molar-refractivity contribution < 1.29 is 14.7 Å². The molecule has 3 N–H and O–H groups in total. The zero-order valence-corrected chi connectivity index (χ0v) is 13.2. The lowest BCUT2D eigenvalue weighted by Gasteiger charge is -2.14. The minimum Gasteiger partial charge on any atom is -0.478 e. The Kier molecular flexibility index (Phi) is 6.51. The number of aromatic carboxylic acids is 1. The number of carboxylic acids is 1. The number of anilines is 1. The number of carboxylic acid groups (broad SMARTS) is 1. The van der Waals surface area contributed by atoms with E-state index in [1.54, 1.807) is 12.1 Å². The van der Waals surface area contributed by atoms with Gasteiger partial charge >= 0.3 is 12.0 Å². The van der Waals surface area contributed by atoms with Gasteiger partial charge in [0.25, 0.3) is 0 Å². The minimum atomic E-state index is -1.04. The van der Waals surface area contributed by atoms with Crippen LogP contribution in [0.5, 0.6) is 0 Å². The predicted molar refractivity (Wildman–Crippen MR) is 82.2 cm³/mol. The van der Waals surface area contributed by atoms with Gasteiger partial charge in [-0.1, -0.05) is 19.8 Å². The maximum absolute atomic E-state index is 11.8. The summed E-state index contributed by atoms with van der Waals surface area (Å²) in [7, 11) is 0. The van der Waals surface area contributed by atoms with Crippen LogP contribution in [0, 0.1) is 0 Å². The van der Waals surface area contributed by atoms with Gasteiger partial charge in [-0.15, -0.1) is 0 Å². The molecular formula is C14H19BrN2O3. The first-order valence-electron chi connectivity index (χ1n) is 6.54. The van der Waals surface area contributed by atoms with Crippen LogP contribution in [-0.4, -0.2) is 23.1 Å². The number of hydrogen-bond acceptors (Lipinski definition) is 2. The molecule has 0 saturated carbocycles. The zero-order valence-electron chi connectivity index (χ0n) is 11.6. The van der Waals surface area contributed by atoms with E-state index >= 15 is 0 Å². The molecule has 5 nitrogen and oxygen atoms in total. The van der Waals surface area contributed by atoms with E-state index in [4.69, 9.17) is 5.11 Å². The van der Waals surface area contributed by atoms with E-state index < -0.39 is 5.97 Å². The SMILES string of the molecule is CCCCC(C)NC(=O)Nc1ccc(Br)c(C(=O)O)c1. The van der Waals surface area contributed by atoms with Crippen LogP contribution in [0.15, 0.2) is 22.7 Å². The van der Waals surface area contributed by atoms with Gasteiger partial charge in [-0.05, 0) is 47.5 Å². The molecule has 0 aliphatic rings. The standard InChI is InChI=1S/C14H19BrN2O3/c1-3-4-5-9(2)16-14(20)17-10-6-7-12(15)11(8-10)13(18)19/h6-9H,3-5H2,1-2H3,(H,18,19)(H2,16,17,20). The first-order chi connectivity index (χ1) is 9.43. The average Bonchev–Trinajstić information content (AvgIpc) is 2.38. The summed E-state index contributed by atoms with van der Waals surface area (Å²) in [6, 6.07) is 4.42. The van der Waals surface area contributed by atoms with Gasteiger partial charge in [0.1, 0.15) is 0 Å². The van der Waals surface area contributed by atoms with Crippen molar-refractivity contribution in [2.24, 2.45) is 0 Å². The first kappa shape index (κ1) is 16.5. The van der Waals surface area contributed by atoms with Crippen LogP contribution in [0.25, 0.3) is 0 Å². The van der Waals surface area contributed by atoms with Crippen LogP contribution in [0.3, 0.4) is 0 Å². The highest BCUT2D eigenvalue weighted by Crippen LogP contribution is 2.21. The molecule has 0 radical (unpaired) electrons. The molecule has 1 rings (SSSR count). The number of unbranched alkanes of at least 4 members (excludes halogenated alkanes) is 1. The fraction of sp³-hybridized carbons (Fsp3) is 0.429. The summed E-state index contributed by atoms with van der Waals surface area (Å²) in [6.45, 7) is 4.04. The van der Waals surface area contributed by atoms with E-state index in [9.17, 15) is 9.59 Å². The molecule has 0 aromatic heterocycles. The van der Waals surface area contributed by atoms with Crippen LogP contribution in [-0.2, 0) is 0 Å². The Bertz CT molecular complexity index is 491. The molecule has 0 heterocycles. The Hall–Kier alpha value is -1.56. The molecule has 0 saturated heterocycles. The number of carbonyl (C=O) groups excluding carboxylic acids is 1. The first-order valence-corrected chi connectivity index (χ1v) is 7.33. The van der Waals surface area contributed by atoms with Crippen molar-refractivity contribution in [2.75, 3.05) is 5.32 Å². The molecule has 0 aliphatic heterocycles. The maximum atomic E-state index is 11.8. The van der Waals surface area contributed by atoms with E-state index in [0.29, 0.717) is 10.2 Å². The number of halogens is 1. The van der Waals surface area contributed by atoms with Crippen molar-refractivity contribution in [2.45, 2.75) is 39.2 Å². The monoisotopic (exact) mass is 342 g/mol. The van der Waals surface area contributed by atoms with Crippen molar-refractivity contribution in [3.63, 3.8) is 0 Å². The molecule has 0 spiro atoms. The molecule has 2 amide bonds. The second kappa shape index (κ2) is 7.89. The number of rotatable bonds is 6. The number of benzene rings is 1. The second-order valence-corrected chi connectivity index (χ2v) is 5.50. The van der Waals surface area contributed by atoms with Crippen molar-refractivity contribution in [3.8, 4) is 0 Å². The summed E-state index contributed by atoms with van der Waals surface area (Å²) in [5.41, 5.74) is 0.563. The van der Waals surface area contributed by atoms with Gasteiger partial charge < -0.3 is 15.7 Å². The fourth-order valence-corrected chi connectivity index (χ4v) is 2.16. The van der Waals surface area contributed by atoms with Crippen molar-refractivity contribution in [1.82, 2.24) is 5.32 Å². The van der Waals surface area contributed by atoms with Crippen LogP contribution in [0.4, 0.5) is 10.5 Å². The molecule has 1 atom stereocenters. The third-order valence-corrected chi connectivity index (χ3v) is 3.51. The molecule has 1 unspecified atom stereocenters. The molecule has 0 bridgehead atoms. The highest BCUT2D eigenvalue weighted by atomic mass is 79.9. The lowest BCUT2D eigenvalue weighted by atomic mass is 10.1.